The molecular weight excluding hydrogens is 202 g/mol. The Kier molecular flexibility index (Phi) is 3.29. The van der Waals surface area contributed by atoms with Gasteiger partial charge in [0.2, 0.25) is 5.91 Å². The van der Waals surface area contributed by atoms with E-state index < -0.39 is 0 Å². The van der Waals surface area contributed by atoms with Crippen LogP contribution in [0.4, 0.5) is 0 Å². The van der Waals surface area contributed by atoms with Gasteiger partial charge in [-0.15, -0.1) is 0 Å². The van der Waals surface area contributed by atoms with Gasteiger partial charge in [0, 0.05) is 18.4 Å². The van der Waals surface area contributed by atoms with Crippen molar-refractivity contribution in [3.05, 3.63) is 24.0 Å². The molecule has 1 amide bonds. The van der Waals surface area contributed by atoms with Crippen molar-refractivity contribution in [1.29, 1.82) is 0 Å². The van der Waals surface area contributed by atoms with E-state index in [0.29, 0.717) is 0 Å². The van der Waals surface area contributed by atoms with Crippen LogP contribution in [0.15, 0.2) is 18.3 Å². The SMILES string of the molecule is CNC(C)C(=O)N1CCCC1c1ccc[nH]1. The summed E-state index contributed by atoms with van der Waals surface area (Å²) in [6, 6.07) is 4.17. The van der Waals surface area contributed by atoms with Crippen LogP contribution in [0.1, 0.15) is 31.5 Å². The monoisotopic (exact) mass is 221 g/mol. The normalized spacial score (nSPS) is 22.4. The summed E-state index contributed by atoms with van der Waals surface area (Å²) in [6.07, 6.45) is 4.06. The predicted octanol–water partition coefficient (Wildman–Crippen LogP) is 1.29. The maximum atomic E-state index is 12.1. The first-order valence-corrected chi connectivity index (χ1v) is 5.85. The topological polar surface area (TPSA) is 48.1 Å². The second-order valence-corrected chi connectivity index (χ2v) is 4.33. The highest BCUT2D eigenvalue weighted by Gasteiger charge is 2.32. The smallest absolute Gasteiger partial charge is 0.239 e. The van der Waals surface area contributed by atoms with Gasteiger partial charge in [0.1, 0.15) is 0 Å². The molecule has 1 aliphatic rings. The highest BCUT2D eigenvalue weighted by atomic mass is 16.2. The molecular formula is C12H19N3O. The number of carbonyl (C=O) groups is 1. The summed E-state index contributed by atoms with van der Waals surface area (Å²) >= 11 is 0. The summed E-state index contributed by atoms with van der Waals surface area (Å²) in [7, 11) is 1.82. The Bertz CT molecular complexity index is 347. The van der Waals surface area contributed by atoms with Gasteiger partial charge in [-0.05, 0) is 38.9 Å². The number of hydrogen-bond donors (Lipinski definition) is 2. The van der Waals surface area contributed by atoms with Crippen molar-refractivity contribution in [1.82, 2.24) is 15.2 Å². The Morgan fingerprint density at radius 1 is 1.69 bits per heavy atom. The van der Waals surface area contributed by atoms with Gasteiger partial charge in [-0.25, -0.2) is 0 Å². The Labute approximate surface area is 96.0 Å². The third-order valence-electron chi connectivity index (χ3n) is 3.32. The van der Waals surface area contributed by atoms with Crippen LogP contribution in [0.25, 0.3) is 0 Å². The molecule has 1 saturated heterocycles. The van der Waals surface area contributed by atoms with Crippen LogP contribution in [-0.2, 0) is 4.79 Å². The van der Waals surface area contributed by atoms with Gasteiger partial charge in [0.15, 0.2) is 0 Å². The van der Waals surface area contributed by atoms with Crippen LogP contribution in [-0.4, -0.2) is 35.4 Å². The number of aromatic nitrogens is 1. The van der Waals surface area contributed by atoms with Gasteiger partial charge < -0.3 is 15.2 Å². The molecule has 0 spiro atoms. The van der Waals surface area contributed by atoms with Gasteiger partial charge in [-0.3, -0.25) is 4.79 Å². The van der Waals surface area contributed by atoms with Crippen molar-refractivity contribution in [2.75, 3.05) is 13.6 Å². The first-order valence-electron chi connectivity index (χ1n) is 5.85. The molecule has 1 fully saturated rings. The zero-order valence-electron chi connectivity index (χ0n) is 9.86. The number of likely N-dealkylation sites (N-methyl/N-ethyl adjacent to an activating group) is 1. The van der Waals surface area contributed by atoms with E-state index in [0.717, 1.165) is 25.1 Å². The minimum absolute atomic E-state index is 0.101. The molecule has 2 heterocycles. The average molecular weight is 221 g/mol. The Hall–Kier alpha value is -1.29. The molecule has 0 saturated carbocycles. The zero-order chi connectivity index (χ0) is 11.5. The van der Waals surface area contributed by atoms with Gasteiger partial charge in [-0.1, -0.05) is 0 Å². The minimum atomic E-state index is -0.101. The van der Waals surface area contributed by atoms with Crippen LogP contribution < -0.4 is 5.32 Å². The lowest BCUT2D eigenvalue weighted by Crippen LogP contribution is -2.43. The van der Waals surface area contributed by atoms with E-state index in [2.05, 4.69) is 16.4 Å². The van der Waals surface area contributed by atoms with Gasteiger partial charge in [-0.2, -0.15) is 0 Å². The van der Waals surface area contributed by atoms with Gasteiger partial charge >= 0.3 is 0 Å². The highest BCUT2D eigenvalue weighted by Crippen LogP contribution is 2.31. The lowest BCUT2D eigenvalue weighted by atomic mass is 10.1. The quantitative estimate of drug-likeness (QED) is 0.808. The Balaban J connectivity index is 2.12. The molecule has 0 radical (unpaired) electrons. The summed E-state index contributed by atoms with van der Waals surface area (Å²) in [5.74, 6) is 0.194. The van der Waals surface area contributed by atoms with E-state index in [1.165, 1.54) is 0 Å². The number of nitrogens with zero attached hydrogens (tertiary/aromatic N) is 1. The molecule has 2 unspecified atom stereocenters. The second-order valence-electron chi connectivity index (χ2n) is 4.33. The average Bonchev–Trinajstić information content (AvgIpc) is 2.95. The number of hydrogen-bond acceptors (Lipinski definition) is 2. The number of aromatic amines is 1. The van der Waals surface area contributed by atoms with Gasteiger partial charge in [0.25, 0.3) is 0 Å². The maximum absolute atomic E-state index is 12.1. The first kappa shape index (κ1) is 11.2. The second kappa shape index (κ2) is 4.70. The van der Waals surface area contributed by atoms with Crippen molar-refractivity contribution >= 4 is 5.91 Å². The standard InChI is InChI=1S/C12H19N3O/c1-9(13-2)12(16)15-8-4-6-11(15)10-5-3-7-14-10/h3,5,7,9,11,13-14H,4,6,8H2,1-2H3. The predicted molar refractivity (Wildman–Crippen MR) is 63.0 cm³/mol. The van der Waals surface area contributed by atoms with Crippen molar-refractivity contribution in [3.8, 4) is 0 Å². The van der Waals surface area contributed by atoms with Crippen LogP contribution in [0.2, 0.25) is 0 Å². The molecule has 2 rings (SSSR count). The fourth-order valence-electron chi connectivity index (χ4n) is 2.28. The summed E-state index contributed by atoms with van der Waals surface area (Å²) in [4.78, 5) is 17.3. The Morgan fingerprint density at radius 2 is 2.50 bits per heavy atom. The fraction of sp³-hybridized carbons (Fsp3) is 0.583. The van der Waals surface area contributed by atoms with Crippen molar-refractivity contribution in [2.24, 2.45) is 0 Å². The van der Waals surface area contributed by atoms with Crippen LogP contribution in [0.5, 0.6) is 0 Å². The third kappa shape index (κ3) is 1.97. The molecule has 16 heavy (non-hydrogen) atoms. The summed E-state index contributed by atoms with van der Waals surface area (Å²) in [5.41, 5.74) is 1.15. The lowest BCUT2D eigenvalue weighted by molar-refractivity contribution is -0.133. The van der Waals surface area contributed by atoms with E-state index in [-0.39, 0.29) is 18.0 Å². The van der Waals surface area contributed by atoms with Crippen LogP contribution in [0.3, 0.4) is 0 Å². The maximum Gasteiger partial charge on any atom is 0.239 e. The summed E-state index contributed by atoms with van der Waals surface area (Å²) < 4.78 is 0. The number of amides is 1. The van der Waals surface area contributed by atoms with E-state index in [4.69, 9.17) is 0 Å². The van der Waals surface area contributed by atoms with E-state index >= 15 is 0 Å². The van der Waals surface area contributed by atoms with E-state index in [1.54, 1.807) is 0 Å². The number of carbonyl (C=O) groups excluding carboxylic acids is 1. The number of likely N-dealkylation sites (tertiary alicyclic amines) is 1. The molecule has 2 N–H and O–H groups in total. The molecule has 4 nitrogen and oxygen atoms in total. The molecule has 4 heteroatoms. The summed E-state index contributed by atoms with van der Waals surface area (Å²) in [6.45, 7) is 2.78. The number of H-pyrrole nitrogens is 1. The highest BCUT2D eigenvalue weighted by molar-refractivity contribution is 5.82. The molecule has 1 aliphatic heterocycles. The van der Waals surface area contributed by atoms with Crippen molar-refractivity contribution in [3.63, 3.8) is 0 Å². The molecule has 1 aromatic heterocycles. The first-order chi connectivity index (χ1) is 7.74. The van der Waals surface area contributed by atoms with E-state index in [9.17, 15) is 4.79 Å². The van der Waals surface area contributed by atoms with Gasteiger partial charge in [0.05, 0.1) is 12.1 Å². The van der Waals surface area contributed by atoms with Crippen molar-refractivity contribution in [2.45, 2.75) is 31.8 Å². The molecule has 1 aromatic rings. The van der Waals surface area contributed by atoms with E-state index in [1.807, 2.05) is 31.1 Å². The molecule has 0 aliphatic carbocycles. The number of nitrogens with one attached hydrogen (secondary N) is 2. The van der Waals surface area contributed by atoms with Crippen molar-refractivity contribution < 1.29 is 4.79 Å². The molecule has 2 atom stereocenters. The fourth-order valence-corrected chi connectivity index (χ4v) is 2.28. The van der Waals surface area contributed by atoms with Crippen LogP contribution >= 0.6 is 0 Å². The summed E-state index contributed by atoms with van der Waals surface area (Å²) in [5, 5.41) is 3.01. The van der Waals surface area contributed by atoms with Crippen LogP contribution in [0, 0.1) is 0 Å². The zero-order valence-corrected chi connectivity index (χ0v) is 9.86. The molecule has 0 aromatic carbocycles. The largest absolute Gasteiger partial charge is 0.363 e. The minimum Gasteiger partial charge on any atom is -0.363 e. The lowest BCUT2D eigenvalue weighted by Gasteiger charge is -2.26. The third-order valence-corrected chi connectivity index (χ3v) is 3.32. The molecule has 0 bridgehead atoms. The number of rotatable bonds is 3. The Morgan fingerprint density at radius 3 is 3.12 bits per heavy atom. The molecule has 88 valence electrons.